The van der Waals surface area contributed by atoms with Gasteiger partial charge in [-0.15, -0.1) is 11.3 Å². The van der Waals surface area contributed by atoms with Crippen molar-refractivity contribution in [1.29, 1.82) is 0 Å². The summed E-state index contributed by atoms with van der Waals surface area (Å²) < 4.78 is 37.6. The van der Waals surface area contributed by atoms with E-state index >= 15 is 0 Å². The van der Waals surface area contributed by atoms with Gasteiger partial charge in [0.25, 0.3) is 0 Å². The van der Waals surface area contributed by atoms with Crippen molar-refractivity contribution >= 4 is 22.9 Å². The quantitative estimate of drug-likeness (QED) is 0.864. The molecule has 18 heavy (non-hydrogen) atoms. The summed E-state index contributed by atoms with van der Waals surface area (Å²) in [5.74, 6) is 0. The van der Waals surface area contributed by atoms with Gasteiger partial charge in [0, 0.05) is 4.88 Å². The highest BCUT2D eigenvalue weighted by Gasteiger charge is 2.30. The van der Waals surface area contributed by atoms with E-state index in [1.165, 1.54) is 23.5 Å². The van der Waals surface area contributed by atoms with E-state index < -0.39 is 17.8 Å². The molecule has 2 rings (SSSR count). The minimum Gasteiger partial charge on any atom is -0.383 e. The Balaban J connectivity index is 2.24. The molecule has 0 radical (unpaired) electrons. The van der Waals surface area contributed by atoms with Crippen molar-refractivity contribution in [2.24, 2.45) is 0 Å². The zero-order valence-electron chi connectivity index (χ0n) is 8.91. The molecule has 1 unspecified atom stereocenters. The van der Waals surface area contributed by atoms with Gasteiger partial charge in [-0.2, -0.15) is 13.2 Å². The van der Waals surface area contributed by atoms with Gasteiger partial charge in [-0.25, -0.2) is 0 Å². The van der Waals surface area contributed by atoms with E-state index in [4.69, 9.17) is 11.6 Å². The minimum absolute atomic E-state index is 0.404. The fourth-order valence-corrected chi connectivity index (χ4v) is 2.57. The lowest BCUT2D eigenvalue weighted by atomic mass is 10.1. The van der Waals surface area contributed by atoms with Crippen molar-refractivity contribution in [2.75, 3.05) is 0 Å². The largest absolute Gasteiger partial charge is 0.416 e. The highest BCUT2D eigenvalue weighted by atomic mass is 35.5. The molecule has 1 aromatic carbocycles. The lowest BCUT2D eigenvalue weighted by molar-refractivity contribution is -0.137. The van der Waals surface area contributed by atoms with E-state index in [1.54, 1.807) is 12.1 Å². The number of benzene rings is 1. The van der Waals surface area contributed by atoms with Crippen LogP contribution in [0.5, 0.6) is 0 Å². The second kappa shape index (κ2) is 4.91. The van der Waals surface area contributed by atoms with Crippen molar-refractivity contribution in [3.8, 4) is 0 Å². The SMILES string of the molecule is OC(c1ccc(C(F)(F)F)cc1)c1ccc(Cl)s1. The van der Waals surface area contributed by atoms with Gasteiger partial charge < -0.3 is 5.11 Å². The summed E-state index contributed by atoms with van der Waals surface area (Å²) in [6.45, 7) is 0. The lowest BCUT2D eigenvalue weighted by Crippen LogP contribution is -2.05. The molecule has 0 aliphatic heterocycles. The molecule has 1 heterocycles. The molecule has 0 amide bonds. The van der Waals surface area contributed by atoms with Crippen LogP contribution in [-0.2, 0) is 6.18 Å². The normalized spacial score (nSPS) is 13.6. The summed E-state index contributed by atoms with van der Waals surface area (Å²) >= 11 is 6.93. The average Bonchev–Trinajstić information content (AvgIpc) is 2.74. The molecule has 6 heteroatoms. The van der Waals surface area contributed by atoms with E-state index in [1.807, 2.05) is 0 Å². The first-order chi connectivity index (χ1) is 8.38. The van der Waals surface area contributed by atoms with Gasteiger partial charge >= 0.3 is 6.18 Å². The Labute approximate surface area is 110 Å². The third-order valence-corrected chi connectivity index (χ3v) is 3.70. The van der Waals surface area contributed by atoms with E-state index in [0.717, 1.165) is 12.1 Å². The summed E-state index contributed by atoms with van der Waals surface area (Å²) in [4.78, 5) is 0.597. The van der Waals surface area contributed by atoms with Gasteiger partial charge in [0.1, 0.15) is 6.10 Å². The molecule has 0 aliphatic rings. The molecular formula is C12H8ClF3OS. The van der Waals surface area contributed by atoms with Crippen LogP contribution < -0.4 is 0 Å². The van der Waals surface area contributed by atoms with Crippen LogP contribution in [0.4, 0.5) is 13.2 Å². The number of halogens is 4. The number of rotatable bonds is 2. The van der Waals surface area contributed by atoms with Crippen LogP contribution in [0.3, 0.4) is 0 Å². The van der Waals surface area contributed by atoms with Crippen LogP contribution in [0.25, 0.3) is 0 Å². The second-order valence-corrected chi connectivity index (χ2v) is 5.41. The highest BCUT2D eigenvalue weighted by molar-refractivity contribution is 7.16. The van der Waals surface area contributed by atoms with Gasteiger partial charge in [-0.3, -0.25) is 0 Å². The molecule has 1 atom stereocenters. The maximum atomic E-state index is 12.4. The first-order valence-corrected chi connectivity index (χ1v) is 6.18. The minimum atomic E-state index is -4.37. The predicted octanol–water partition coefficient (Wildman–Crippen LogP) is 4.50. The number of hydrogen-bond donors (Lipinski definition) is 1. The first kappa shape index (κ1) is 13.4. The molecule has 0 bridgehead atoms. The predicted molar refractivity (Wildman–Crippen MR) is 64.8 cm³/mol. The molecule has 0 saturated carbocycles. The van der Waals surface area contributed by atoms with Crippen LogP contribution in [0.15, 0.2) is 36.4 Å². The van der Waals surface area contributed by atoms with E-state index in [9.17, 15) is 18.3 Å². The maximum Gasteiger partial charge on any atom is 0.416 e. The van der Waals surface area contributed by atoms with E-state index in [0.29, 0.717) is 14.8 Å². The van der Waals surface area contributed by atoms with Gasteiger partial charge in [0.15, 0.2) is 0 Å². The topological polar surface area (TPSA) is 20.2 Å². The molecule has 0 fully saturated rings. The van der Waals surface area contributed by atoms with Crippen molar-refractivity contribution in [2.45, 2.75) is 12.3 Å². The molecule has 1 nitrogen and oxygen atoms in total. The Hall–Kier alpha value is -1.04. The van der Waals surface area contributed by atoms with Crippen molar-refractivity contribution in [3.63, 3.8) is 0 Å². The molecule has 0 saturated heterocycles. The fourth-order valence-electron chi connectivity index (χ4n) is 1.49. The average molecular weight is 293 g/mol. The van der Waals surface area contributed by atoms with Crippen molar-refractivity contribution < 1.29 is 18.3 Å². The lowest BCUT2D eigenvalue weighted by Gasteiger charge is -2.11. The Morgan fingerprint density at radius 3 is 2.11 bits per heavy atom. The van der Waals surface area contributed by atoms with Gasteiger partial charge in [0.2, 0.25) is 0 Å². The maximum absolute atomic E-state index is 12.4. The van der Waals surface area contributed by atoms with Crippen molar-refractivity contribution in [1.82, 2.24) is 0 Å². The number of aliphatic hydroxyl groups is 1. The number of alkyl halides is 3. The smallest absolute Gasteiger partial charge is 0.383 e. The van der Waals surface area contributed by atoms with Crippen LogP contribution in [-0.4, -0.2) is 5.11 Å². The van der Waals surface area contributed by atoms with Crippen LogP contribution in [0.1, 0.15) is 22.1 Å². The van der Waals surface area contributed by atoms with Crippen LogP contribution in [0, 0.1) is 0 Å². The highest BCUT2D eigenvalue weighted by Crippen LogP contribution is 2.33. The van der Waals surface area contributed by atoms with Crippen LogP contribution >= 0.6 is 22.9 Å². The van der Waals surface area contributed by atoms with Gasteiger partial charge in [-0.05, 0) is 29.8 Å². The zero-order valence-corrected chi connectivity index (χ0v) is 10.5. The number of aliphatic hydroxyl groups excluding tert-OH is 1. The molecule has 1 N–H and O–H groups in total. The molecule has 0 aliphatic carbocycles. The van der Waals surface area contributed by atoms with Gasteiger partial charge in [0.05, 0.1) is 9.90 Å². The summed E-state index contributed by atoms with van der Waals surface area (Å²) in [5.41, 5.74) is -0.329. The van der Waals surface area contributed by atoms with E-state index in [2.05, 4.69) is 0 Å². The second-order valence-electron chi connectivity index (χ2n) is 3.66. The Bertz CT molecular complexity index is 533. The third kappa shape index (κ3) is 2.85. The monoisotopic (exact) mass is 292 g/mol. The molecule has 96 valence electrons. The number of thiophene rings is 1. The van der Waals surface area contributed by atoms with Gasteiger partial charge in [-0.1, -0.05) is 23.7 Å². The number of hydrogen-bond acceptors (Lipinski definition) is 2. The standard InChI is InChI=1S/C12H8ClF3OS/c13-10-6-5-9(18-10)11(17)7-1-3-8(4-2-7)12(14,15)16/h1-6,11,17H. The molecule has 0 spiro atoms. The zero-order chi connectivity index (χ0) is 13.3. The van der Waals surface area contributed by atoms with E-state index in [-0.39, 0.29) is 0 Å². The third-order valence-electron chi connectivity index (χ3n) is 2.42. The van der Waals surface area contributed by atoms with Crippen LogP contribution in [0.2, 0.25) is 4.34 Å². The fraction of sp³-hybridized carbons (Fsp3) is 0.167. The van der Waals surface area contributed by atoms with Crippen molar-refractivity contribution in [3.05, 3.63) is 56.7 Å². The Morgan fingerprint density at radius 1 is 1.06 bits per heavy atom. The summed E-state index contributed by atoms with van der Waals surface area (Å²) in [6, 6.07) is 7.72. The summed E-state index contributed by atoms with van der Waals surface area (Å²) in [6.07, 6.45) is -5.32. The first-order valence-electron chi connectivity index (χ1n) is 4.98. The Morgan fingerprint density at radius 2 is 1.67 bits per heavy atom. The molecule has 1 aromatic heterocycles. The Kier molecular flexibility index (Phi) is 3.66. The summed E-state index contributed by atoms with van der Waals surface area (Å²) in [5, 5.41) is 9.97. The molecular weight excluding hydrogens is 285 g/mol. The summed E-state index contributed by atoms with van der Waals surface area (Å²) in [7, 11) is 0. The molecule has 2 aromatic rings.